The van der Waals surface area contributed by atoms with Crippen molar-refractivity contribution in [1.29, 1.82) is 0 Å². The van der Waals surface area contributed by atoms with Crippen molar-refractivity contribution in [2.24, 2.45) is 0 Å². The van der Waals surface area contributed by atoms with Crippen molar-refractivity contribution in [3.63, 3.8) is 0 Å². The van der Waals surface area contributed by atoms with E-state index in [1.54, 1.807) is 14.2 Å². The summed E-state index contributed by atoms with van der Waals surface area (Å²) in [4.78, 5) is 22.7. The third-order valence-electron chi connectivity index (χ3n) is 6.21. The smallest absolute Gasteiger partial charge is 0.239 e. The van der Waals surface area contributed by atoms with Crippen LogP contribution in [0.4, 0.5) is 5.13 Å². The molecule has 1 N–H and O–H groups in total. The number of nitrogens with zero attached hydrogens (tertiary/aromatic N) is 4. The van der Waals surface area contributed by atoms with Gasteiger partial charge in [-0.05, 0) is 80.1 Å². The topological polar surface area (TPSA) is 108 Å². The quantitative estimate of drug-likeness (QED) is 0.168. The summed E-state index contributed by atoms with van der Waals surface area (Å²) in [5, 5.41) is 12.4. The minimum atomic E-state index is -0.446. The number of thiazole rings is 1. The summed E-state index contributed by atoms with van der Waals surface area (Å²) >= 11 is 2.68. The third kappa shape index (κ3) is 6.58. The van der Waals surface area contributed by atoms with E-state index in [-0.39, 0.29) is 5.91 Å². The van der Waals surface area contributed by atoms with E-state index in [0.717, 1.165) is 38.6 Å². The molecule has 0 aliphatic carbocycles. The van der Waals surface area contributed by atoms with Gasteiger partial charge in [0.05, 0.1) is 36.3 Å². The number of thioether (sulfide) groups is 1. The summed E-state index contributed by atoms with van der Waals surface area (Å²) in [7, 11) is 3.25. The lowest BCUT2D eigenvalue weighted by Gasteiger charge is -2.14. The molecular formula is C30H29N5O4S2. The van der Waals surface area contributed by atoms with Crippen molar-refractivity contribution < 1.29 is 19.0 Å². The maximum atomic E-state index is 13.3. The van der Waals surface area contributed by atoms with Gasteiger partial charge in [-0.25, -0.2) is 9.97 Å². The molecule has 5 rings (SSSR count). The molecular weight excluding hydrogens is 558 g/mol. The monoisotopic (exact) mass is 587 g/mol. The number of hydrogen-bond donors (Lipinski definition) is 1. The summed E-state index contributed by atoms with van der Waals surface area (Å²) in [6, 6.07) is 20.9. The standard InChI is InChI=1S/C30H29N5O4S2/c1-5-24(28(36)33-29-31-23-16-15-22(39-6-2)17-25(23)41-29)40-30-32-26(18-7-11-20(37-3)12-8-18)27(34-35-30)19-9-13-21(38-4)14-10-19/h7-17,24H,5-6H2,1-4H3,(H,31,33,36). The predicted molar refractivity (Wildman–Crippen MR) is 163 cm³/mol. The average Bonchev–Trinajstić information content (AvgIpc) is 3.41. The van der Waals surface area contributed by atoms with E-state index in [1.807, 2.05) is 80.6 Å². The molecule has 5 aromatic rings. The van der Waals surface area contributed by atoms with Crippen LogP contribution < -0.4 is 19.5 Å². The van der Waals surface area contributed by atoms with Gasteiger partial charge in [0.1, 0.15) is 28.6 Å². The zero-order valence-corrected chi connectivity index (χ0v) is 24.7. The Morgan fingerprint density at radius 2 is 1.49 bits per heavy atom. The molecule has 1 atom stereocenters. The van der Waals surface area contributed by atoms with Crippen molar-refractivity contribution in [2.75, 3.05) is 26.1 Å². The third-order valence-corrected chi connectivity index (χ3v) is 8.36. The van der Waals surface area contributed by atoms with Crippen LogP contribution in [0.5, 0.6) is 17.2 Å². The second-order valence-electron chi connectivity index (χ2n) is 8.83. The number of rotatable bonds is 11. The molecule has 41 heavy (non-hydrogen) atoms. The number of amides is 1. The SMILES string of the molecule is CCOc1ccc2nc(NC(=O)C(CC)Sc3nnc(-c4ccc(OC)cc4)c(-c4ccc(OC)cc4)n3)sc2c1. The first-order chi connectivity index (χ1) is 20.0. The largest absolute Gasteiger partial charge is 0.497 e. The number of nitrogens with one attached hydrogen (secondary N) is 1. The van der Waals surface area contributed by atoms with E-state index >= 15 is 0 Å². The van der Waals surface area contributed by atoms with Gasteiger partial charge in [0, 0.05) is 11.1 Å². The van der Waals surface area contributed by atoms with Gasteiger partial charge in [-0.2, -0.15) is 0 Å². The lowest BCUT2D eigenvalue weighted by molar-refractivity contribution is -0.115. The maximum absolute atomic E-state index is 13.3. The van der Waals surface area contributed by atoms with Crippen molar-refractivity contribution >= 4 is 44.4 Å². The highest BCUT2D eigenvalue weighted by Gasteiger charge is 2.23. The Hall–Kier alpha value is -4.22. The van der Waals surface area contributed by atoms with Crippen molar-refractivity contribution in [3.05, 3.63) is 66.7 Å². The van der Waals surface area contributed by atoms with Crippen LogP contribution in [0.2, 0.25) is 0 Å². The van der Waals surface area contributed by atoms with Crippen molar-refractivity contribution in [2.45, 2.75) is 30.7 Å². The van der Waals surface area contributed by atoms with Crippen LogP contribution >= 0.6 is 23.1 Å². The van der Waals surface area contributed by atoms with E-state index in [4.69, 9.17) is 19.2 Å². The highest BCUT2D eigenvalue weighted by Crippen LogP contribution is 2.34. The number of carbonyl (C=O) groups is 1. The minimum Gasteiger partial charge on any atom is -0.497 e. The van der Waals surface area contributed by atoms with E-state index in [9.17, 15) is 4.79 Å². The molecule has 3 aromatic carbocycles. The molecule has 1 unspecified atom stereocenters. The summed E-state index contributed by atoms with van der Waals surface area (Å²) in [5.74, 6) is 2.09. The fourth-order valence-electron chi connectivity index (χ4n) is 4.10. The molecule has 0 bridgehead atoms. The Bertz CT molecular complexity index is 1640. The van der Waals surface area contributed by atoms with Crippen molar-refractivity contribution in [1.82, 2.24) is 20.2 Å². The molecule has 210 valence electrons. The van der Waals surface area contributed by atoms with Crippen LogP contribution in [0.1, 0.15) is 20.3 Å². The van der Waals surface area contributed by atoms with E-state index in [1.165, 1.54) is 23.1 Å². The van der Waals surface area contributed by atoms with Gasteiger partial charge in [-0.1, -0.05) is 30.0 Å². The van der Waals surface area contributed by atoms with E-state index < -0.39 is 5.25 Å². The Balaban J connectivity index is 1.40. The van der Waals surface area contributed by atoms with Gasteiger partial charge in [0.15, 0.2) is 5.13 Å². The number of carbonyl (C=O) groups excluding carboxylic acids is 1. The molecule has 0 aliphatic rings. The fourth-order valence-corrected chi connectivity index (χ4v) is 5.82. The Morgan fingerprint density at radius 3 is 2.10 bits per heavy atom. The first kappa shape index (κ1) is 28.3. The number of benzene rings is 3. The molecule has 0 aliphatic heterocycles. The summed E-state index contributed by atoms with van der Waals surface area (Å²) in [6.07, 6.45) is 0.567. The van der Waals surface area contributed by atoms with Gasteiger partial charge < -0.3 is 19.5 Å². The number of anilines is 1. The molecule has 9 nitrogen and oxygen atoms in total. The molecule has 0 spiro atoms. The van der Waals surface area contributed by atoms with Crippen LogP contribution in [-0.2, 0) is 4.79 Å². The lowest BCUT2D eigenvalue weighted by Crippen LogP contribution is -2.24. The molecule has 0 fully saturated rings. The molecule has 1 amide bonds. The van der Waals surface area contributed by atoms with Crippen LogP contribution in [0, 0.1) is 0 Å². The van der Waals surface area contributed by atoms with Crippen LogP contribution in [0.25, 0.3) is 32.7 Å². The number of ether oxygens (including phenoxy) is 3. The van der Waals surface area contributed by atoms with Gasteiger partial charge >= 0.3 is 0 Å². The molecule has 0 saturated heterocycles. The normalized spacial score (nSPS) is 11.7. The molecule has 0 saturated carbocycles. The zero-order chi connectivity index (χ0) is 28.8. The minimum absolute atomic E-state index is 0.171. The van der Waals surface area contributed by atoms with Crippen LogP contribution in [-0.4, -0.2) is 52.1 Å². The van der Waals surface area contributed by atoms with Crippen LogP contribution in [0.3, 0.4) is 0 Å². The fraction of sp³-hybridized carbons (Fsp3) is 0.233. The lowest BCUT2D eigenvalue weighted by atomic mass is 10.0. The summed E-state index contributed by atoms with van der Waals surface area (Å²) < 4.78 is 17.2. The summed E-state index contributed by atoms with van der Waals surface area (Å²) in [6.45, 7) is 4.48. The van der Waals surface area contributed by atoms with Gasteiger partial charge in [-0.3, -0.25) is 4.79 Å². The predicted octanol–water partition coefficient (Wildman–Crippen LogP) is 6.74. The number of fused-ring (bicyclic) bond motifs is 1. The average molecular weight is 588 g/mol. The number of hydrogen-bond acceptors (Lipinski definition) is 10. The number of aromatic nitrogens is 4. The molecule has 0 radical (unpaired) electrons. The second kappa shape index (κ2) is 13.0. The van der Waals surface area contributed by atoms with E-state index in [0.29, 0.717) is 34.7 Å². The molecule has 2 aromatic heterocycles. The van der Waals surface area contributed by atoms with Crippen molar-refractivity contribution in [3.8, 4) is 39.8 Å². The van der Waals surface area contributed by atoms with Gasteiger partial charge in [0.25, 0.3) is 0 Å². The zero-order valence-electron chi connectivity index (χ0n) is 23.1. The molecule has 2 heterocycles. The first-order valence-electron chi connectivity index (χ1n) is 13.1. The van der Waals surface area contributed by atoms with Crippen LogP contribution in [0.15, 0.2) is 71.9 Å². The van der Waals surface area contributed by atoms with Gasteiger partial charge in [0.2, 0.25) is 11.1 Å². The first-order valence-corrected chi connectivity index (χ1v) is 14.7. The summed E-state index contributed by atoms with van der Waals surface area (Å²) in [5.41, 5.74) is 3.79. The van der Waals surface area contributed by atoms with E-state index in [2.05, 4.69) is 20.5 Å². The Labute approximate surface area is 246 Å². The second-order valence-corrected chi connectivity index (χ2v) is 11.0. The molecule has 11 heteroatoms. The Morgan fingerprint density at radius 1 is 0.854 bits per heavy atom. The Kier molecular flexibility index (Phi) is 8.95. The van der Waals surface area contributed by atoms with Gasteiger partial charge in [-0.15, -0.1) is 10.2 Å². The number of methoxy groups -OCH3 is 2. The maximum Gasteiger partial charge on any atom is 0.239 e. The highest BCUT2D eigenvalue weighted by molar-refractivity contribution is 8.00. The highest BCUT2D eigenvalue weighted by atomic mass is 32.2.